The minimum absolute atomic E-state index is 0.0826. The first-order chi connectivity index (χ1) is 12.1. The topological polar surface area (TPSA) is 99.1 Å². The molecule has 2 heterocycles. The zero-order valence-corrected chi connectivity index (χ0v) is 14.1. The second kappa shape index (κ2) is 7.27. The molecule has 0 radical (unpaired) electrons. The zero-order chi connectivity index (χ0) is 17.8. The van der Waals surface area contributed by atoms with Crippen molar-refractivity contribution in [2.24, 2.45) is 5.73 Å². The third-order valence-electron chi connectivity index (χ3n) is 4.35. The van der Waals surface area contributed by atoms with Gasteiger partial charge in [0.25, 0.3) is 0 Å². The van der Waals surface area contributed by atoms with Crippen LogP contribution in [0.25, 0.3) is 22.4 Å². The number of benzene rings is 1. The van der Waals surface area contributed by atoms with Crippen molar-refractivity contribution in [1.82, 2.24) is 15.1 Å². The molecule has 1 aromatic carbocycles. The Balaban J connectivity index is 1.86. The molecule has 1 aliphatic rings. The average molecular weight is 335 g/mol. The minimum Gasteiger partial charge on any atom is -0.507 e. The Labute approximate surface area is 146 Å². The van der Waals surface area contributed by atoms with E-state index in [2.05, 4.69) is 28.2 Å². The Bertz CT molecular complexity index is 839. The molecule has 0 saturated carbocycles. The number of aromatic nitrogens is 2. The standard InChI is InChI=1S/C19H21N5O/c1-24-8-6-13(7-9-24)17-4-5-18(23-22-17)16-3-2-14(10-19(16)25)15(11-20)12-21/h2-6,10-12,20,25H,7-9,21H2,1H3/b15-12+,20-11?. The van der Waals surface area contributed by atoms with Gasteiger partial charge in [-0.3, -0.25) is 0 Å². The van der Waals surface area contributed by atoms with Crippen molar-refractivity contribution in [3.8, 4) is 17.0 Å². The van der Waals surface area contributed by atoms with Crippen LogP contribution in [0.4, 0.5) is 0 Å². The van der Waals surface area contributed by atoms with E-state index < -0.39 is 0 Å². The highest BCUT2D eigenvalue weighted by molar-refractivity contribution is 6.08. The Kier molecular flexibility index (Phi) is 4.90. The highest BCUT2D eigenvalue weighted by Crippen LogP contribution is 2.30. The molecule has 4 N–H and O–H groups in total. The number of nitrogens with zero attached hydrogens (tertiary/aromatic N) is 3. The van der Waals surface area contributed by atoms with Crippen molar-refractivity contribution < 1.29 is 5.11 Å². The van der Waals surface area contributed by atoms with Gasteiger partial charge < -0.3 is 21.1 Å². The Morgan fingerprint density at radius 2 is 2.00 bits per heavy atom. The maximum atomic E-state index is 10.3. The normalized spacial score (nSPS) is 15.7. The van der Waals surface area contributed by atoms with Crippen LogP contribution < -0.4 is 5.73 Å². The molecule has 0 fully saturated rings. The molecular weight excluding hydrogens is 314 g/mol. The Morgan fingerprint density at radius 3 is 2.56 bits per heavy atom. The molecule has 1 aliphatic heterocycles. The van der Waals surface area contributed by atoms with E-state index in [9.17, 15) is 5.11 Å². The molecule has 1 aromatic heterocycles. The van der Waals surface area contributed by atoms with Crippen LogP contribution in [-0.2, 0) is 0 Å². The SMILES string of the molecule is CN1CC=C(c2ccc(-c3ccc(/C(C=N)=C/N)cc3O)nn2)CC1. The molecule has 0 spiro atoms. The molecule has 0 bridgehead atoms. The number of nitrogens with two attached hydrogens (primary N) is 1. The summed E-state index contributed by atoms with van der Waals surface area (Å²) in [7, 11) is 2.10. The van der Waals surface area contributed by atoms with Gasteiger partial charge in [0.2, 0.25) is 0 Å². The molecule has 0 saturated heterocycles. The molecular formula is C19H21N5O. The van der Waals surface area contributed by atoms with E-state index >= 15 is 0 Å². The van der Waals surface area contributed by atoms with Gasteiger partial charge in [-0.2, -0.15) is 5.10 Å². The van der Waals surface area contributed by atoms with Crippen LogP contribution >= 0.6 is 0 Å². The summed E-state index contributed by atoms with van der Waals surface area (Å²) in [5.74, 6) is 0.0826. The average Bonchev–Trinajstić information content (AvgIpc) is 2.64. The monoisotopic (exact) mass is 335 g/mol. The smallest absolute Gasteiger partial charge is 0.125 e. The van der Waals surface area contributed by atoms with Gasteiger partial charge in [-0.25, -0.2) is 0 Å². The number of hydrogen-bond acceptors (Lipinski definition) is 6. The lowest BCUT2D eigenvalue weighted by Gasteiger charge is -2.21. The van der Waals surface area contributed by atoms with Crippen LogP contribution in [0.1, 0.15) is 17.7 Å². The van der Waals surface area contributed by atoms with Crippen molar-refractivity contribution in [1.29, 1.82) is 5.41 Å². The number of aromatic hydroxyl groups is 1. The molecule has 128 valence electrons. The first-order valence-corrected chi connectivity index (χ1v) is 8.10. The second-order valence-corrected chi connectivity index (χ2v) is 6.04. The van der Waals surface area contributed by atoms with E-state index in [1.807, 2.05) is 12.1 Å². The number of nitrogens with one attached hydrogen (secondary N) is 1. The van der Waals surface area contributed by atoms with Gasteiger partial charge in [0, 0.05) is 36.6 Å². The number of hydrogen-bond donors (Lipinski definition) is 3. The minimum atomic E-state index is 0.0826. The predicted molar refractivity (Wildman–Crippen MR) is 100 cm³/mol. The number of allylic oxidation sites excluding steroid dienone is 1. The predicted octanol–water partition coefficient (Wildman–Crippen LogP) is 2.52. The van der Waals surface area contributed by atoms with E-state index in [1.54, 1.807) is 18.2 Å². The summed E-state index contributed by atoms with van der Waals surface area (Å²) >= 11 is 0. The summed E-state index contributed by atoms with van der Waals surface area (Å²) < 4.78 is 0. The summed E-state index contributed by atoms with van der Waals surface area (Å²) in [6.45, 7) is 1.94. The Hall–Kier alpha value is -2.99. The number of phenolic OH excluding ortho intramolecular Hbond substituents is 1. The molecule has 0 atom stereocenters. The number of phenols is 1. The van der Waals surface area contributed by atoms with Crippen molar-refractivity contribution in [3.63, 3.8) is 0 Å². The van der Waals surface area contributed by atoms with E-state index in [1.165, 1.54) is 11.8 Å². The fourth-order valence-corrected chi connectivity index (χ4v) is 2.81. The molecule has 2 aromatic rings. The summed E-state index contributed by atoms with van der Waals surface area (Å²) in [5.41, 5.74) is 10.00. The van der Waals surface area contributed by atoms with Crippen LogP contribution in [0.5, 0.6) is 5.75 Å². The third-order valence-corrected chi connectivity index (χ3v) is 4.35. The van der Waals surface area contributed by atoms with Gasteiger partial charge in [0.1, 0.15) is 5.75 Å². The van der Waals surface area contributed by atoms with Crippen LogP contribution in [-0.4, -0.2) is 46.6 Å². The molecule has 0 amide bonds. The van der Waals surface area contributed by atoms with Crippen molar-refractivity contribution in [3.05, 3.63) is 53.9 Å². The molecule has 3 rings (SSSR count). The van der Waals surface area contributed by atoms with Crippen LogP contribution in [0, 0.1) is 5.41 Å². The third kappa shape index (κ3) is 3.59. The van der Waals surface area contributed by atoms with Crippen molar-refractivity contribution in [2.75, 3.05) is 20.1 Å². The van der Waals surface area contributed by atoms with E-state index in [0.717, 1.165) is 31.4 Å². The first-order valence-electron chi connectivity index (χ1n) is 8.10. The van der Waals surface area contributed by atoms with E-state index in [-0.39, 0.29) is 5.75 Å². The molecule has 6 heteroatoms. The fourth-order valence-electron chi connectivity index (χ4n) is 2.81. The molecule has 0 unspecified atom stereocenters. The lowest BCUT2D eigenvalue weighted by atomic mass is 10.0. The number of rotatable bonds is 4. The van der Waals surface area contributed by atoms with Gasteiger partial charge in [-0.05, 0) is 48.9 Å². The lowest BCUT2D eigenvalue weighted by molar-refractivity contribution is 0.369. The summed E-state index contributed by atoms with van der Waals surface area (Å²) in [5, 5.41) is 26.2. The van der Waals surface area contributed by atoms with E-state index in [4.69, 9.17) is 11.1 Å². The van der Waals surface area contributed by atoms with Gasteiger partial charge in [0.15, 0.2) is 0 Å². The van der Waals surface area contributed by atoms with Crippen LogP contribution in [0.15, 0.2) is 42.6 Å². The summed E-state index contributed by atoms with van der Waals surface area (Å²) in [6.07, 6.45) is 5.63. The fraction of sp³-hybridized carbons (Fsp3) is 0.211. The molecule has 25 heavy (non-hydrogen) atoms. The van der Waals surface area contributed by atoms with Gasteiger partial charge in [-0.15, -0.1) is 5.10 Å². The quantitative estimate of drug-likeness (QED) is 0.746. The molecule has 6 nitrogen and oxygen atoms in total. The van der Waals surface area contributed by atoms with E-state index in [0.29, 0.717) is 22.4 Å². The maximum Gasteiger partial charge on any atom is 0.125 e. The van der Waals surface area contributed by atoms with Crippen LogP contribution in [0.2, 0.25) is 0 Å². The maximum absolute atomic E-state index is 10.3. The Morgan fingerprint density at radius 1 is 1.24 bits per heavy atom. The van der Waals surface area contributed by atoms with Gasteiger partial charge >= 0.3 is 0 Å². The highest BCUT2D eigenvalue weighted by Gasteiger charge is 2.13. The van der Waals surface area contributed by atoms with Crippen LogP contribution in [0.3, 0.4) is 0 Å². The largest absolute Gasteiger partial charge is 0.507 e. The molecule has 0 aliphatic carbocycles. The van der Waals surface area contributed by atoms with Crippen molar-refractivity contribution >= 4 is 17.4 Å². The van der Waals surface area contributed by atoms with Gasteiger partial charge in [0.05, 0.1) is 11.4 Å². The first kappa shape index (κ1) is 16.9. The second-order valence-electron chi connectivity index (χ2n) is 6.04. The lowest BCUT2D eigenvalue weighted by Crippen LogP contribution is -2.23. The summed E-state index contributed by atoms with van der Waals surface area (Å²) in [4.78, 5) is 2.25. The zero-order valence-electron chi connectivity index (χ0n) is 14.1. The number of likely N-dealkylation sites (N-methyl/N-ethyl adjacent to an activating group) is 1. The van der Waals surface area contributed by atoms with Gasteiger partial charge in [-0.1, -0.05) is 12.1 Å². The highest BCUT2D eigenvalue weighted by atomic mass is 16.3. The van der Waals surface area contributed by atoms with Crippen molar-refractivity contribution in [2.45, 2.75) is 6.42 Å². The summed E-state index contributed by atoms with van der Waals surface area (Å²) in [6, 6.07) is 8.94.